The first-order valence-electron chi connectivity index (χ1n) is 6.33. The molecule has 0 atom stereocenters. The highest BCUT2D eigenvalue weighted by Gasteiger charge is 2.56. The second kappa shape index (κ2) is 3.80. The largest absolute Gasteiger partial charge is 0.397 e. The van der Waals surface area contributed by atoms with Gasteiger partial charge in [-0.15, -0.1) is 0 Å². The average Bonchev–Trinajstić information content (AvgIpc) is 2.29. The molecule has 2 fully saturated rings. The van der Waals surface area contributed by atoms with Crippen molar-refractivity contribution in [2.75, 3.05) is 23.7 Å². The SMILES string of the molecule is Nc1ccc(N2CCC3(CC2)CC(F)(F)C3)nc1. The Morgan fingerprint density at radius 2 is 1.83 bits per heavy atom. The molecule has 1 saturated carbocycles. The van der Waals surface area contributed by atoms with Crippen LogP contribution in [0.2, 0.25) is 0 Å². The fraction of sp³-hybridized carbons (Fsp3) is 0.615. The van der Waals surface area contributed by atoms with Crippen LogP contribution >= 0.6 is 0 Å². The van der Waals surface area contributed by atoms with Gasteiger partial charge in [0.05, 0.1) is 11.9 Å². The van der Waals surface area contributed by atoms with E-state index in [1.807, 2.05) is 12.1 Å². The predicted molar refractivity (Wildman–Crippen MR) is 66.7 cm³/mol. The number of alkyl halides is 2. The second-order valence-electron chi connectivity index (χ2n) is 5.65. The van der Waals surface area contributed by atoms with Crippen LogP contribution in [-0.4, -0.2) is 24.0 Å². The third kappa shape index (κ3) is 2.02. The summed E-state index contributed by atoms with van der Waals surface area (Å²) in [6.45, 7) is 1.62. The highest BCUT2D eigenvalue weighted by atomic mass is 19.3. The van der Waals surface area contributed by atoms with Crippen molar-refractivity contribution in [1.29, 1.82) is 0 Å². The molecule has 0 unspecified atom stereocenters. The Hall–Kier alpha value is -1.39. The van der Waals surface area contributed by atoms with Crippen molar-refractivity contribution in [2.24, 2.45) is 5.41 Å². The third-order valence-electron chi connectivity index (χ3n) is 4.19. The highest BCUT2D eigenvalue weighted by Crippen LogP contribution is 2.57. The van der Waals surface area contributed by atoms with Crippen molar-refractivity contribution in [3.63, 3.8) is 0 Å². The number of halogens is 2. The smallest absolute Gasteiger partial charge is 0.249 e. The maximum absolute atomic E-state index is 13.0. The molecule has 3 rings (SSSR count). The molecule has 2 aliphatic rings. The molecule has 0 amide bonds. The fourth-order valence-corrected chi connectivity index (χ4v) is 3.19. The van der Waals surface area contributed by atoms with Crippen LogP contribution in [0.25, 0.3) is 0 Å². The minimum atomic E-state index is -2.42. The molecule has 1 aromatic rings. The van der Waals surface area contributed by atoms with E-state index in [1.54, 1.807) is 6.20 Å². The van der Waals surface area contributed by atoms with E-state index in [2.05, 4.69) is 9.88 Å². The lowest BCUT2D eigenvalue weighted by Crippen LogP contribution is -2.52. The summed E-state index contributed by atoms with van der Waals surface area (Å²) in [6.07, 6.45) is 3.46. The number of nitrogens with two attached hydrogens (primary N) is 1. The minimum Gasteiger partial charge on any atom is -0.397 e. The number of piperidine rings is 1. The van der Waals surface area contributed by atoms with Crippen molar-refractivity contribution in [2.45, 2.75) is 31.6 Å². The van der Waals surface area contributed by atoms with Crippen LogP contribution in [0.4, 0.5) is 20.3 Å². The number of anilines is 2. The van der Waals surface area contributed by atoms with Crippen molar-refractivity contribution in [1.82, 2.24) is 4.98 Å². The van der Waals surface area contributed by atoms with Gasteiger partial charge < -0.3 is 10.6 Å². The average molecular weight is 253 g/mol. The van der Waals surface area contributed by atoms with Gasteiger partial charge in [-0.2, -0.15) is 0 Å². The van der Waals surface area contributed by atoms with Crippen molar-refractivity contribution in [3.05, 3.63) is 18.3 Å². The lowest BCUT2D eigenvalue weighted by molar-refractivity contribution is -0.168. The van der Waals surface area contributed by atoms with Crippen LogP contribution in [-0.2, 0) is 0 Å². The molecule has 2 N–H and O–H groups in total. The molecule has 0 bridgehead atoms. The van der Waals surface area contributed by atoms with Crippen LogP contribution in [0.1, 0.15) is 25.7 Å². The lowest BCUT2D eigenvalue weighted by atomic mass is 9.61. The molecule has 0 radical (unpaired) electrons. The monoisotopic (exact) mass is 253 g/mol. The lowest BCUT2D eigenvalue weighted by Gasteiger charge is -2.52. The molecule has 1 aliphatic carbocycles. The van der Waals surface area contributed by atoms with E-state index < -0.39 is 5.92 Å². The van der Waals surface area contributed by atoms with Gasteiger partial charge in [0.1, 0.15) is 5.82 Å². The Bertz CT molecular complexity index is 426. The van der Waals surface area contributed by atoms with Gasteiger partial charge >= 0.3 is 0 Å². The quantitative estimate of drug-likeness (QED) is 0.836. The maximum Gasteiger partial charge on any atom is 0.249 e. The Labute approximate surface area is 105 Å². The van der Waals surface area contributed by atoms with Crippen LogP contribution < -0.4 is 10.6 Å². The molecular weight excluding hydrogens is 236 g/mol. The minimum absolute atomic E-state index is 0.0724. The molecule has 1 aromatic heterocycles. The van der Waals surface area contributed by atoms with Gasteiger partial charge in [-0.05, 0) is 30.4 Å². The Morgan fingerprint density at radius 1 is 1.17 bits per heavy atom. The van der Waals surface area contributed by atoms with Crippen molar-refractivity contribution >= 4 is 11.5 Å². The van der Waals surface area contributed by atoms with E-state index >= 15 is 0 Å². The van der Waals surface area contributed by atoms with Gasteiger partial charge in [-0.1, -0.05) is 0 Å². The van der Waals surface area contributed by atoms with E-state index in [0.717, 1.165) is 31.7 Å². The van der Waals surface area contributed by atoms with Crippen molar-refractivity contribution < 1.29 is 8.78 Å². The molecule has 98 valence electrons. The number of pyridine rings is 1. The highest BCUT2D eigenvalue weighted by molar-refractivity contribution is 5.46. The summed E-state index contributed by atoms with van der Waals surface area (Å²) in [4.78, 5) is 6.43. The Morgan fingerprint density at radius 3 is 2.33 bits per heavy atom. The molecule has 1 saturated heterocycles. The van der Waals surface area contributed by atoms with Crippen LogP contribution in [0.15, 0.2) is 18.3 Å². The molecule has 1 aliphatic heterocycles. The van der Waals surface area contributed by atoms with Crippen LogP contribution in [0, 0.1) is 5.41 Å². The van der Waals surface area contributed by atoms with E-state index in [1.165, 1.54) is 0 Å². The molecule has 0 aromatic carbocycles. The van der Waals surface area contributed by atoms with Gasteiger partial charge in [-0.25, -0.2) is 13.8 Å². The van der Waals surface area contributed by atoms with E-state index in [-0.39, 0.29) is 18.3 Å². The van der Waals surface area contributed by atoms with E-state index in [9.17, 15) is 8.78 Å². The fourth-order valence-electron chi connectivity index (χ4n) is 3.19. The topological polar surface area (TPSA) is 42.1 Å². The number of aromatic nitrogens is 1. The number of rotatable bonds is 1. The maximum atomic E-state index is 13.0. The standard InChI is InChI=1S/C13H17F2N3/c14-13(15)8-12(9-13)3-5-18(6-4-12)11-2-1-10(16)7-17-11/h1-2,7H,3-6,8-9,16H2. The number of nitrogens with zero attached hydrogens (tertiary/aromatic N) is 2. The van der Waals surface area contributed by atoms with Crippen LogP contribution in [0.5, 0.6) is 0 Å². The number of hydrogen-bond acceptors (Lipinski definition) is 3. The zero-order chi connectivity index (χ0) is 12.8. The third-order valence-corrected chi connectivity index (χ3v) is 4.19. The summed E-state index contributed by atoms with van der Waals surface area (Å²) >= 11 is 0. The number of nitrogen functional groups attached to an aromatic ring is 1. The van der Waals surface area contributed by atoms with Gasteiger partial charge in [0.2, 0.25) is 5.92 Å². The first-order valence-corrected chi connectivity index (χ1v) is 6.33. The molecule has 1 spiro atoms. The number of hydrogen-bond donors (Lipinski definition) is 1. The Kier molecular flexibility index (Phi) is 2.47. The van der Waals surface area contributed by atoms with Gasteiger partial charge in [0.25, 0.3) is 0 Å². The van der Waals surface area contributed by atoms with E-state index in [4.69, 9.17) is 5.73 Å². The summed E-state index contributed by atoms with van der Waals surface area (Å²) in [6, 6.07) is 3.72. The first-order chi connectivity index (χ1) is 8.48. The summed E-state index contributed by atoms with van der Waals surface area (Å²) < 4.78 is 26.0. The summed E-state index contributed by atoms with van der Waals surface area (Å²) in [5.74, 6) is -1.52. The first kappa shape index (κ1) is 11.7. The predicted octanol–water partition coefficient (Wildman–Crippen LogP) is 2.68. The second-order valence-corrected chi connectivity index (χ2v) is 5.65. The molecule has 5 heteroatoms. The summed E-state index contributed by atoms with van der Waals surface area (Å²) in [5.41, 5.74) is 6.14. The Balaban J connectivity index is 1.62. The molecule has 18 heavy (non-hydrogen) atoms. The molecule has 3 nitrogen and oxygen atoms in total. The van der Waals surface area contributed by atoms with E-state index in [0.29, 0.717) is 5.69 Å². The zero-order valence-electron chi connectivity index (χ0n) is 10.2. The van der Waals surface area contributed by atoms with Gasteiger partial charge in [0, 0.05) is 25.9 Å². The van der Waals surface area contributed by atoms with Crippen LogP contribution in [0.3, 0.4) is 0 Å². The van der Waals surface area contributed by atoms with Gasteiger partial charge in [0.15, 0.2) is 0 Å². The zero-order valence-corrected chi connectivity index (χ0v) is 10.2. The summed E-state index contributed by atoms with van der Waals surface area (Å²) in [7, 11) is 0. The van der Waals surface area contributed by atoms with Gasteiger partial charge in [-0.3, -0.25) is 0 Å². The molecule has 2 heterocycles. The molecular formula is C13H17F2N3. The normalized spacial score (nSPS) is 24.9. The van der Waals surface area contributed by atoms with Crippen molar-refractivity contribution in [3.8, 4) is 0 Å². The summed E-state index contributed by atoms with van der Waals surface area (Å²) in [5, 5.41) is 0.